The van der Waals surface area contributed by atoms with E-state index in [0.717, 1.165) is 5.56 Å². The van der Waals surface area contributed by atoms with Gasteiger partial charge in [-0.3, -0.25) is 4.79 Å². The van der Waals surface area contributed by atoms with E-state index in [4.69, 9.17) is 5.73 Å². The molecule has 0 aliphatic rings. The molecule has 1 aromatic carbocycles. The summed E-state index contributed by atoms with van der Waals surface area (Å²) in [7, 11) is 0. The average molecular weight is 288 g/mol. The minimum absolute atomic E-state index is 0.0951. The van der Waals surface area contributed by atoms with Gasteiger partial charge in [0.1, 0.15) is 0 Å². The van der Waals surface area contributed by atoms with E-state index in [2.05, 4.69) is 28.9 Å². The second-order valence-corrected chi connectivity index (χ2v) is 6.10. The van der Waals surface area contributed by atoms with Crippen molar-refractivity contribution in [3.05, 3.63) is 47.3 Å². The third kappa shape index (κ3) is 3.92. The van der Waals surface area contributed by atoms with Crippen LogP contribution in [0.1, 0.15) is 19.4 Å². The van der Waals surface area contributed by atoms with Gasteiger partial charge in [0.25, 0.3) is 0 Å². The number of carbonyl (C=O) groups is 1. The molecule has 20 heavy (non-hydrogen) atoms. The lowest BCUT2D eigenvalue weighted by Crippen LogP contribution is -2.44. The van der Waals surface area contributed by atoms with E-state index in [-0.39, 0.29) is 11.9 Å². The predicted octanol–water partition coefficient (Wildman–Crippen LogP) is 2.81. The van der Waals surface area contributed by atoms with Crippen LogP contribution in [-0.4, -0.2) is 18.0 Å². The molecular weight excluding hydrogens is 268 g/mol. The van der Waals surface area contributed by atoms with E-state index in [0.29, 0.717) is 6.42 Å². The van der Waals surface area contributed by atoms with E-state index in [1.54, 1.807) is 11.3 Å². The Morgan fingerprint density at radius 1 is 1.25 bits per heavy atom. The third-order valence-corrected chi connectivity index (χ3v) is 3.90. The number of hydrogen-bond acceptors (Lipinski definition) is 3. The van der Waals surface area contributed by atoms with Crippen molar-refractivity contribution in [1.82, 2.24) is 5.32 Å². The van der Waals surface area contributed by atoms with Crippen LogP contribution in [0.25, 0.3) is 10.4 Å². The second-order valence-electron chi connectivity index (χ2n) is 5.15. The molecule has 3 N–H and O–H groups in total. The number of thiophene rings is 1. The molecule has 1 atom stereocenters. The van der Waals surface area contributed by atoms with Gasteiger partial charge in [0.2, 0.25) is 5.91 Å². The molecule has 3 nitrogen and oxygen atoms in total. The molecular formula is C16H20N2OS. The Kier molecular flexibility index (Phi) is 4.93. The highest BCUT2D eigenvalue weighted by molar-refractivity contribution is 7.13. The van der Waals surface area contributed by atoms with Crippen molar-refractivity contribution < 1.29 is 4.79 Å². The number of carbonyl (C=O) groups excluding carboxylic acids is 1. The first-order chi connectivity index (χ1) is 9.56. The lowest BCUT2D eigenvalue weighted by molar-refractivity contribution is -0.122. The van der Waals surface area contributed by atoms with Gasteiger partial charge >= 0.3 is 0 Å². The van der Waals surface area contributed by atoms with Gasteiger partial charge in [-0.2, -0.15) is 0 Å². The summed E-state index contributed by atoms with van der Waals surface area (Å²) in [6, 6.07) is 12.0. The van der Waals surface area contributed by atoms with Gasteiger partial charge in [0.15, 0.2) is 0 Å². The first-order valence-corrected chi connectivity index (χ1v) is 7.63. The number of benzene rings is 1. The van der Waals surface area contributed by atoms with E-state index in [1.165, 1.54) is 10.4 Å². The average Bonchev–Trinajstić information content (AvgIpc) is 2.92. The van der Waals surface area contributed by atoms with Crippen molar-refractivity contribution >= 4 is 17.2 Å². The fourth-order valence-corrected chi connectivity index (χ4v) is 2.72. The Morgan fingerprint density at radius 3 is 2.50 bits per heavy atom. The topological polar surface area (TPSA) is 55.1 Å². The molecule has 1 unspecified atom stereocenters. The summed E-state index contributed by atoms with van der Waals surface area (Å²) in [6.45, 7) is 3.86. The molecule has 0 radical (unpaired) electrons. The molecule has 0 spiro atoms. The van der Waals surface area contributed by atoms with E-state index >= 15 is 0 Å². The van der Waals surface area contributed by atoms with Crippen LogP contribution in [0.4, 0.5) is 0 Å². The number of hydrogen-bond donors (Lipinski definition) is 2. The van der Waals surface area contributed by atoms with Gasteiger partial charge in [-0.25, -0.2) is 0 Å². The molecule has 0 saturated heterocycles. The molecule has 2 rings (SSSR count). The molecule has 0 fully saturated rings. The molecule has 4 heteroatoms. The minimum Gasteiger partial charge on any atom is -0.353 e. The number of nitrogens with one attached hydrogen (secondary N) is 1. The first kappa shape index (κ1) is 14.8. The number of nitrogens with two attached hydrogens (primary N) is 1. The molecule has 1 amide bonds. The molecule has 2 aromatic rings. The summed E-state index contributed by atoms with van der Waals surface area (Å²) in [5.74, 6) is -0.0951. The fourth-order valence-electron chi connectivity index (χ4n) is 1.99. The quantitative estimate of drug-likeness (QED) is 0.889. The highest BCUT2D eigenvalue weighted by Crippen LogP contribution is 2.24. The highest BCUT2D eigenvalue weighted by Gasteiger charge is 2.14. The van der Waals surface area contributed by atoms with Crippen LogP contribution < -0.4 is 11.1 Å². The summed E-state index contributed by atoms with van der Waals surface area (Å²) in [5, 5.41) is 4.90. The monoisotopic (exact) mass is 288 g/mol. The lowest BCUT2D eigenvalue weighted by atomic mass is 10.0. The van der Waals surface area contributed by atoms with Crippen molar-refractivity contribution in [3.8, 4) is 10.4 Å². The zero-order chi connectivity index (χ0) is 14.5. The zero-order valence-electron chi connectivity index (χ0n) is 11.8. The lowest BCUT2D eigenvalue weighted by Gasteiger charge is -2.14. The van der Waals surface area contributed by atoms with Crippen molar-refractivity contribution in [2.45, 2.75) is 32.4 Å². The first-order valence-electron chi connectivity index (χ1n) is 6.75. The molecule has 0 aliphatic heterocycles. The maximum atomic E-state index is 11.8. The smallest absolute Gasteiger partial charge is 0.237 e. The maximum absolute atomic E-state index is 11.8. The van der Waals surface area contributed by atoms with Crippen molar-refractivity contribution in [2.75, 3.05) is 0 Å². The van der Waals surface area contributed by atoms with E-state index in [1.807, 2.05) is 32.0 Å². The minimum atomic E-state index is -0.495. The molecule has 0 aliphatic carbocycles. The number of rotatable bonds is 5. The van der Waals surface area contributed by atoms with Gasteiger partial charge < -0.3 is 11.1 Å². The maximum Gasteiger partial charge on any atom is 0.237 e. The Bertz CT molecular complexity index is 546. The van der Waals surface area contributed by atoms with Crippen LogP contribution in [0.3, 0.4) is 0 Å². The Morgan fingerprint density at radius 2 is 1.95 bits per heavy atom. The van der Waals surface area contributed by atoms with E-state index in [9.17, 15) is 4.79 Å². The van der Waals surface area contributed by atoms with Crippen molar-refractivity contribution in [2.24, 2.45) is 5.73 Å². The summed E-state index contributed by atoms with van der Waals surface area (Å²) >= 11 is 1.72. The summed E-state index contributed by atoms with van der Waals surface area (Å²) in [4.78, 5) is 13.0. The van der Waals surface area contributed by atoms with Gasteiger partial charge in [-0.05, 0) is 42.8 Å². The Balaban J connectivity index is 1.98. The van der Waals surface area contributed by atoms with Crippen LogP contribution in [-0.2, 0) is 11.2 Å². The van der Waals surface area contributed by atoms with Crippen molar-refractivity contribution in [1.29, 1.82) is 0 Å². The van der Waals surface area contributed by atoms with Crippen molar-refractivity contribution in [3.63, 3.8) is 0 Å². The summed E-state index contributed by atoms with van der Waals surface area (Å²) < 4.78 is 0. The second kappa shape index (κ2) is 6.68. The molecule has 0 saturated carbocycles. The predicted molar refractivity (Wildman–Crippen MR) is 84.7 cm³/mol. The zero-order valence-corrected chi connectivity index (χ0v) is 12.6. The number of amides is 1. The van der Waals surface area contributed by atoms with Gasteiger partial charge in [-0.15, -0.1) is 11.3 Å². The Labute approximate surface area is 123 Å². The van der Waals surface area contributed by atoms with Crippen LogP contribution in [0.5, 0.6) is 0 Å². The SMILES string of the molecule is CC(C)NC(=O)C(N)Cc1ccc(-c2cccs2)cc1. The molecule has 1 aromatic heterocycles. The third-order valence-electron chi connectivity index (χ3n) is 2.98. The molecule has 106 valence electrons. The fraction of sp³-hybridized carbons (Fsp3) is 0.312. The van der Waals surface area contributed by atoms with Gasteiger partial charge in [-0.1, -0.05) is 30.3 Å². The standard InChI is InChI=1S/C16H20N2OS/c1-11(2)18-16(19)14(17)10-12-5-7-13(8-6-12)15-4-3-9-20-15/h3-9,11,14H,10,17H2,1-2H3,(H,18,19). The largest absolute Gasteiger partial charge is 0.353 e. The van der Waals surface area contributed by atoms with Gasteiger partial charge in [0, 0.05) is 10.9 Å². The summed E-state index contributed by atoms with van der Waals surface area (Å²) in [5.41, 5.74) is 8.20. The van der Waals surface area contributed by atoms with Crippen LogP contribution in [0, 0.1) is 0 Å². The van der Waals surface area contributed by atoms with Crippen LogP contribution in [0.15, 0.2) is 41.8 Å². The molecule has 1 heterocycles. The van der Waals surface area contributed by atoms with Crippen LogP contribution in [0.2, 0.25) is 0 Å². The molecule has 0 bridgehead atoms. The van der Waals surface area contributed by atoms with Crippen LogP contribution >= 0.6 is 11.3 Å². The van der Waals surface area contributed by atoms with E-state index < -0.39 is 6.04 Å². The highest BCUT2D eigenvalue weighted by atomic mass is 32.1. The summed E-state index contributed by atoms with van der Waals surface area (Å²) in [6.07, 6.45) is 0.559. The Hall–Kier alpha value is -1.65. The van der Waals surface area contributed by atoms with Gasteiger partial charge in [0.05, 0.1) is 6.04 Å². The normalized spacial score (nSPS) is 12.4.